The van der Waals surface area contributed by atoms with Crippen molar-refractivity contribution in [3.8, 4) is 0 Å². The fourth-order valence-corrected chi connectivity index (χ4v) is 4.15. The molecule has 3 rings (SSSR count). The van der Waals surface area contributed by atoms with E-state index in [-0.39, 0.29) is 5.91 Å². The molecule has 4 heteroatoms. The molecule has 0 saturated carbocycles. The Morgan fingerprint density at radius 3 is 3.00 bits per heavy atom. The highest BCUT2D eigenvalue weighted by Gasteiger charge is 2.34. The van der Waals surface area contributed by atoms with Gasteiger partial charge in [-0.25, -0.2) is 0 Å². The quantitative estimate of drug-likeness (QED) is 0.921. The third-order valence-corrected chi connectivity index (χ3v) is 5.38. The molecule has 1 aromatic carbocycles. The number of carbonyl (C=O) groups is 1. The van der Waals surface area contributed by atoms with Crippen molar-refractivity contribution in [3.63, 3.8) is 0 Å². The Morgan fingerprint density at radius 2 is 2.27 bits per heavy atom. The third kappa shape index (κ3) is 3.64. The Labute approximate surface area is 138 Å². The van der Waals surface area contributed by atoms with Crippen LogP contribution in [-0.4, -0.2) is 36.5 Å². The van der Waals surface area contributed by atoms with Crippen molar-refractivity contribution < 1.29 is 4.79 Å². The standard InChI is InChI=1S/C18H25ClN2O/c1-13(14-5-4-6-16(19)9-14)12-21-8-3-2-7-17(21)15-10-18(22)20-11-15/h4-6,9,13,15,17H,2-3,7-8,10-12H2,1H3,(H,20,22)/t13-,15+,17+/m1/s1. The zero-order valence-electron chi connectivity index (χ0n) is 13.2. The van der Waals surface area contributed by atoms with E-state index in [2.05, 4.69) is 29.3 Å². The summed E-state index contributed by atoms with van der Waals surface area (Å²) in [5.74, 6) is 1.17. The number of amides is 1. The molecule has 1 amide bonds. The van der Waals surface area contributed by atoms with Gasteiger partial charge in [0, 0.05) is 36.5 Å². The molecule has 2 aliphatic heterocycles. The minimum absolute atomic E-state index is 0.221. The number of rotatable bonds is 4. The molecule has 3 nitrogen and oxygen atoms in total. The number of hydrogen-bond acceptors (Lipinski definition) is 2. The highest BCUT2D eigenvalue weighted by molar-refractivity contribution is 6.30. The highest BCUT2D eigenvalue weighted by Crippen LogP contribution is 2.30. The lowest BCUT2D eigenvalue weighted by Crippen LogP contribution is -2.46. The maximum Gasteiger partial charge on any atom is 0.220 e. The van der Waals surface area contributed by atoms with Crippen LogP contribution < -0.4 is 5.32 Å². The van der Waals surface area contributed by atoms with Crippen LogP contribution in [0.1, 0.15) is 44.1 Å². The summed E-state index contributed by atoms with van der Waals surface area (Å²) in [5.41, 5.74) is 1.30. The van der Waals surface area contributed by atoms with Gasteiger partial charge in [0.05, 0.1) is 0 Å². The van der Waals surface area contributed by atoms with E-state index in [9.17, 15) is 4.79 Å². The number of nitrogens with zero attached hydrogens (tertiary/aromatic N) is 1. The molecule has 0 bridgehead atoms. The SMILES string of the molecule is C[C@H](CN1CCCC[C@H]1[C@@H]1CNC(=O)C1)c1cccc(Cl)c1. The van der Waals surface area contributed by atoms with Crippen molar-refractivity contribution in [2.45, 2.75) is 44.6 Å². The normalized spacial score (nSPS) is 27.6. The van der Waals surface area contributed by atoms with E-state index < -0.39 is 0 Å². The molecular weight excluding hydrogens is 296 g/mol. The summed E-state index contributed by atoms with van der Waals surface area (Å²) in [5, 5.41) is 3.81. The van der Waals surface area contributed by atoms with E-state index in [4.69, 9.17) is 11.6 Å². The average Bonchev–Trinajstić information content (AvgIpc) is 2.94. The minimum atomic E-state index is 0.221. The lowest BCUT2D eigenvalue weighted by molar-refractivity contribution is -0.119. The van der Waals surface area contributed by atoms with Crippen molar-refractivity contribution in [3.05, 3.63) is 34.9 Å². The van der Waals surface area contributed by atoms with Crippen molar-refractivity contribution in [2.24, 2.45) is 5.92 Å². The van der Waals surface area contributed by atoms with E-state index >= 15 is 0 Å². The monoisotopic (exact) mass is 320 g/mol. The van der Waals surface area contributed by atoms with Gasteiger partial charge in [0.15, 0.2) is 0 Å². The van der Waals surface area contributed by atoms with E-state index in [1.54, 1.807) is 0 Å². The van der Waals surface area contributed by atoms with Gasteiger partial charge in [0.25, 0.3) is 0 Å². The largest absolute Gasteiger partial charge is 0.356 e. The molecular formula is C18H25ClN2O. The number of likely N-dealkylation sites (tertiary alicyclic amines) is 1. The predicted molar refractivity (Wildman–Crippen MR) is 90.2 cm³/mol. The maximum atomic E-state index is 11.5. The first-order chi connectivity index (χ1) is 10.6. The third-order valence-electron chi connectivity index (χ3n) is 5.14. The molecule has 2 fully saturated rings. The summed E-state index contributed by atoms with van der Waals surface area (Å²) in [4.78, 5) is 14.2. The molecule has 1 aromatic rings. The summed E-state index contributed by atoms with van der Waals surface area (Å²) in [6.07, 6.45) is 4.48. The Kier molecular flexibility index (Phi) is 5.04. The number of nitrogens with one attached hydrogen (secondary N) is 1. The second-order valence-electron chi connectivity index (χ2n) is 6.78. The van der Waals surface area contributed by atoms with Gasteiger partial charge < -0.3 is 5.32 Å². The first-order valence-electron chi connectivity index (χ1n) is 8.39. The molecule has 2 heterocycles. The van der Waals surface area contributed by atoms with E-state index in [0.717, 1.165) is 24.7 Å². The summed E-state index contributed by atoms with van der Waals surface area (Å²) in [7, 11) is 0. The summed E-state index contributed by atoms with van der Waals surface area (Å²) >= 11 is 6.12. The van der Waals surface area contributed by atoms with Crippen LogP contribution in [0.25, 0.3) is 0 Å². The molecule has 0 spiro atoms. The molecule has 3 atom stereocenters. The van der Waals surface area contributed by atoms with Gasteiger partial charge in [-0.15, -0.1) is 0 Å². The molecule has 2 aliphatic rings. The summed E-state index contributed by atoms with van der Waals surface area (Å²) < 4.78 is 0. The Morgan fingerprint density at radius 1 is 1.41 bits per heavy atom. The van der Waals surface area contributed by atoms with Crippen LogP contribution >= 0.6 is 11.6 Å². The van der Waals surface area contributed by atoms with Crippen molar-refractivity contribution in [1.29, 1.82) is 0 Å². The second-order valence-corrected chi connectivity index (χ2v) is 7.22. The zero-order valence-corrected chi connectivity index (χ0v) is 14.0. The van der Waals surface area contributed by atoms with E-state index in [0.29, 0.717) is 24.3 Å². The second kappa shape index (κ2) is 7.01. The fraction of sp³-hybridized carbons (Fsp3) is 0.611. The van der Waals surface area contributed by atoms with Gasteiger partial charge >= 0.3 is 0 Å². The molecule has 0 unspecified atom stereocenters. The van der Waals surface area contributed by atoms with Gasteiger partial charge in [0.2, 0.25) is 5.91 Å². The van der Waals surface area contributed by atoms with Crippen LogP contribution in [0.3, 0.4) is 0 Å². The van der Waals surface area contributed by atoms with Gasteiger partial charge in [-0.05, 0) is 43.0 Å². The van der Waals surface area contributed by atoms with Crippen LogP contribution in [0.15, 0.2) is 24.3 Å². The number of hydrogen-bond donors (Lipinski definition) is 1. The smallest absolute Gasteiger partial charge is 0.220 e. The van der Waals surface area contributed by atoms with Gasteiger partial charge in [-0.3, -0.25) is 9.69 Å². The molecule has 120 valence electrons. The number of carbonyl (C=O) groups excluding carboxylic acids is 1. The van der Waals surface area contributed by atoms with E-state index in [1.165, 1.54) is 24.8 Å². The first kappa shape index (κ1) is 15.8. The number of piperidine rings is 1. The van der Waals surface area contributed by atoms with E-state index in [1.807, 2.05) is 12.1 Å². The lowest BCUT2D eigenvalue weighted by Gasteiger charge is -2.40. The molecule has 0 aliphatic carbocycles. The van der Waals surface area contributed by atoms with Crippen molar-refractivity contribution in [2.75, 3.05) is 19.6 Å². The average molecular weight is 321 g/mol. The Bertz CT molecular complexity index is 534. The fourth-order valence-electron chi connectivity index (χ4n) is 3.95. The minimum Gasteiger partial charge on any atom is -0.356 e. The Balaban J connectivity index is 1.67. The van der Waals surface area contributed by atoms with Crippen LogP contribution in [0.5, 0.6) is 0 Å². The summed E-state index contributed by atoms with van der Waals surface area (Å²) in [6.45, 7) is 5.33. The van der Waals surface area contributed by atoms with Gasteiger partial charge in [-0.1, -0.05) is 37.1 Å². The van der Waals surface area contributed by atoms with Gasteiger partial charge in [-0.2, -0.15) is 0 Å². The first-order valence-corrected chi connectivity index (χ1v) is 8.77. The van der Waals surface area contributed by atoms with Crippen LogP contribution in [0.2, 0.25) is 5.02 Å². The molecule has 2 saturated heterocycles. The zero-order chi connectivity index (χ0) is 15.5. The van der Waals surface area contributed by atoms with Crippen LogP contribution in [0.4, 0.5) is 0 Å². The lowest BCUT2D eigenvalue weighted by atomic mass is 9.88. The van der Waals surface area contributed by atoms with Crippen molar-refractivity contribution >= 4 is 17.5 Å². The summed E-state index contributed by atoms with van der Waals surface area (Å²) in [6, 6.07) is 8.75. The molecule has 0 radical (unpaired) electrons. The number of halogens is 1. The molecule has 1 N–H and O–H groups in total. The predicted octanol–water partition coefficient (Wildman–Crippen LogP) is 3.43. The van der Waals surface area contributed by atoms with Gasteiger partial charge in [0.1, 0.15) is 0 Å². The number of benzene rings is 1. The highest BCUT2D eigenvalue weighted by atomic mass is 35.5. The Hall–Kier alpha value is -1.06. The molecule has 0 aromatic heterocycles. The van der Waals surface area contributed by atoms with Crippen LogP contribution in [0, 0.1) is 5.92 Å². The topological polar surface area (TPSA) is 32.3 Å². The molecule has 22 heavy (non-hydrogen) atoms. The van der Waals surface area contributed by atoms with Crippen LogP contribution in [-0.2, 0) is 4.79 Å². The van der Waals surface area contributed by atoms with Crippen molar-refractivity contribution in [1.82, 2.24) is 10.2 Å². The maximum absolute atomic E-state index is 11.5.